The highest BCUT2D eigenvalue weighted by molar-refractivity contribution is 6.30. The first-order valence-electron chi connectivity index (χ1n) is 9.85. The molecule has 2 heterocycles. The molecule has 4 atom stereocenters. The van der Waals surface area contributed by atoms with Crippen LogP contribution in [0.15, 0.2) is 78.9 Å². The van der Waals surface area contributed by atoms with Crippen LogP contribution in [0.1, 0.15) is 28.8 Å². The van der Waals surface area contributed by atoms with Crippen molar-refractivity contribution in [3.63, 3.8) is 0 Å². The molecule has 2 aliphatic heterocycles. The van der Waals surface area contributed by atoms with Gasteiger partial charge in [-0.15, -0.1) is 0 Å². The van der Waals surface area contributed by atoms with Crippen molar-refractivity contribution in [2.24, 2.45) is 5.92 Å². The molecule has 29 heavy (non-hydrogen) atoms. The number of aryl methyl sites for hydroxylation is 1. The molecule has 0 spiro atoms. The third-order valence-electron chi connectivity index (χ3n) is 5.99. The summed E-state index contributed by atoms with van der Waals surface area (Å²) in [5, 5.41) is 0.693. The molecule has 2 fully saturated rings. The number of nitrogens with one attached hydrogen (secondary N) is 2. The van der Waals surface area contributed by atoms with Crippen LogP contribution in [0.5, 0.6) is 0 Å². The van der Waals surface area contributed by atoms with Crippen LogP contribution in [0.25, 0.3) is 0 Å². The van der Waals surface area contributed by atoms with E-state index in [4.69, 9.17) is 11.6 Å². The number of amides is 1. The molecule has 5 heteroatoms. The van der Waals surface area contributed by atoms with Gasteiger partial charge in [0.05, 0.1) is 12.1 Å². The molecular weight excluding hydrogens is 382 g/mol. The maximum absolute atomic E-state index is 13.5. The smallest absolute Gasteiger partial charge is 0.246 e. The summed E-state index contributed by atoms with van der Waals surface area (Å²) in [5.74, 6) is 0.136. The number of hydrogen-bond acceptors (Lipinski definition) is 3. The van der Waals surface area contributed by atoms with Crippen molar-refractivity contribution in [1.29, 1.82) is 0 Å². The first-order valence-corrected chi connectivity index (χ1v) is 10.2. The Bertz CT molecular complexity index is 1020. The maximum Gasteiger partial charge on any atom is 0.246 e. The molecule has 0 saturated carbocycles. The van der Waals surface area contributed by atoms with E-state index in [9.17, 15) is 4.79 Å². The summed E-state index contributed by atoms with van der Waals surface area (Å²) in [6.07, 6.45) is 0. The quantitative estimate of drug-likeness (QED) is 0.673. The molecule has 0 aliphatic carbocycles. The third kappa shape index (κ3) is 3.14. The van der Waals surface area contributed by atoms with Gasteiger partial charge in [-0.1, -0.05) is 71.8 Å². The number of nitrogens with zero attached hydrogens (tertiary/aromatic N) is 1. The normalized spacial score (nSPS) is 26.0. The van der Waals surface area contributed by atoms with E-state index in [-0.39, 0.29) is 30.0 Å². The lowest BCUT2D eigenvalue weighted by Gasteiger charge is -2.31. The molecule has 4 nitrogen and oxygen atoms in total. The molecule has 1 amide bonds. The number of rotatable bonds is 3. The van der Waals surface area contributed by atoms with E-state index in [1.165, 1.54) is 11.1 Å². The fourth-order valence-corrected chi connectivity index (χ4v) is 4.73. The zero-order valence-electron chi connectivity index (χ0n) is 16.0. The summed E-state index contributed by atoms with van der Waals surface area (Å²) in [4.78, 5) is 15.4. The van der Waals surface area contributed by atoms with Crippen LogP contribution in [0.2, 0.25) is 5.02 Å². The third-order valence-corrected chi connectivity index (χ3v) is 6.24. The van der Waals surface area contributed by atoms with Gasteiger partial charge in [0, 0.05) is 16.6 Å². The molecule has 0 aromatic heterocycles. The minimum atomic E-state index is -0.290. The van der Waals surface area contributed by atoms with Crippen LogP contribution in [0.4, 0.5) is 5.69 Å². The minimum absolute atomic E-state index is 0.0290. The number of halogens is 1. The molecule has 3 aromatic rings. The van der Waals surface area contributed by atoms with Crippen LogP contribution >= 0.6 is 11.6 Å². The predicted molar refractivity (Wildman–Crippen MR) is 116 cm³/mol. The largest absolute Gasteiger partial charge is 0.303 e. The standard InChI is InChI=1S/C24H22ClN3O/c1-15-7-13-19(14-8-15)28-23(17-9-11-18(25)12-10-17)20-21(16-5-3-2-4-6-16)26-27-22(20)24(28)29/h2-14,20-23,26-27H,1H3. The van der Waals surface area contributed by atoms with Crippen molar-refractivity contribution in [2.45, 2.75) is 25.0 Å². The van der Waals surface area contributed by atoms with E-state index < -0.39 is 0 Å². The van der Waals surface area contributed by atoms with Crippen LogP contribution in [0, 0.1) is 12.8 Å². The number of carbonyl (C=O) groups is 1. The summed E-state index contributed by atoms with van der Waals surface area (Å²) in [6.45, 7) is 2.05. The Morgan fingerprint density at radius 3 is 2.14 bits per heavy atom. The first-order chi connectivity index (χ1) is 14.1. The Kier molecular flexibility index (Phi) is 4.63. The molecule has 4 unspecified atom stereocenters. The highest BCUT2D eigenvalue weighted by atomic mass is 35.5. The highest BCUT2D eigenvalue weighted by Gasteiger charge is 2.55. The second-order valence-corrected chi connectivity index (χ2v) is 8.21. The van der Waals surface area contributed by atoms with Crippen molar-refractivity contribution in [3.05, 3.63) is 101 Å². The fraction of sp³-hybridized carbons (Fsp3) is 0.208. The number of fused-ring (bicyclic) bond motifs is 1. The van der Waals surface area contributed by atoms with Crippen molar-refractivity contribution < 1.29 is 4.79 Å². The number of anilines is 1. The first kappa shape index (κ1) is 18.4. The van der Waals surface area contributed by atoms with Crippen LogP contribution in [0.3, 0.4) is 0 Å². The Hall–Kier alpha value is -2.66. The van der Waals surface area contributed by atoms with Gasteiger partial charge in [-0.25, -0.2) is 10.9 Å². The van der Waals surface area contributed by atoms with Crippen LogP contribution in [-0.4, -0.2) is 11.9 Å². The molecule has 146 valence electrons. The highest BCUT2D eigenvalue weighted by Crippen LogP contribution is 2.48. The van der Waals surface area contributed by atoms with Crippen molar-refractivity contribution in [2.75, 3.05) is 4.90 Å². The second-order valence-electron chi connectivity index (χ2n) is 7.77. The Morgan fingerprint density at radius 1 is 0.793 bits per heavy atom. The topological polar surface area (TPSA) is 44.4 Å². The van der Waals surface area contributed by atoms with Crippen molar-refractivity contribution >= 4 is 23.2 Å². The Labute approximate surface area is 175 Å². The van der Waals surface area contributed by atoms with Crippen molar-refractivity contribution in [1.82, 2.24) is 10.9 Å². The van der Waals surface area contributed by atoms with E-state index in [0.29, 0.717) is 5.02 Å². The maximum atomic E-state index is 13.5. The van der Waals surface area contributed by atoms with Gasteiger partial charge < -0.3 is 4.90 Å². The van der Waals surface area contributed by atoms with E-state index in [1.54, 1.807) is 0 Å². The zero-order chi connectivity index (χ0) is 20.0. The number of hydrogen-bond donors (Lipinski definition) is 2. The minimum Gasteiger partial charge on any atom is -0.303 e. The van der Waals surface area contributed by atoms with Gasteiger partial charge in [0.1, 0.15) is 6.04 Å². The van der Waals surface area contributed by atoms with Gasteiger partial charge in [-0.2, -0.15) is 0 Å². The fourth-order valence-electron chi connectivity index (χ4n) is 4.60. The lowest BCUT2D eigenvalue weighted by molar-refractivity contribution is -0.119. The number of carbonyl (C=O) groups excluding carboxylic acids is 1. The Morgan fingerprint density at radius 2 is 1.45 bits per heavy atom. The zero-order valence-corrected chi connectivity index (χ0v) is 16.8. The molecular formula is C24H22ClN3O. The predicted octanol–water partition coefficient (Wildman–Crippen LogP) is 4.57. The van der Waals surface area contributed by atoms with E-state index in [0.717, 1.165) is 11.3 Å². The van der Waals surface area contributed by atoms with Gasteiger partial charge in [-0.05, 0) is 42.3 Å². The van der Waals surface area contributed by atoms with Gasteiger partial charge in [0.2, 0.25) is 5.91 Å². The van der Waals surface area contributed by atoms with Gasteiger partial charge in [0.15, 0.2) is 0 Å². The number of benzene rings is 3. The van der Waals surface area contributed by atoms with Crippen molar-refractivity contribution in [3.8, 4) is 0 Å². The molecule has 0 radical (unpaired) electrons. The summed E-state index contributed by atoms with van der Waals surface area (Å²) in [6, 6.07) is 26.0. The van der Waals surface area contributed by atoms with Crippen LogP contribution < -0.4 is 15.8 Å². The lowest BCUT2D eigenvalue weighted by Crippen LogP contribution is -2.41. The van der Waals surface area contributed by atoms with E-state index in [1.807, 2.05) is 59.5 Å². The second kappa shape index (κ2) is 7.30. The average Bonchev–Trinajstić information content (AvgIpc) is 3.29. The van der Waals surface area contributed by atoms with Crippen LogP contribution in [-0.2, 0) is 4.79 Å². The average molecular weight is 404 g/mol. The Balaban J connectivity index is 1.63. The molecule has 0 bridgehead atoms. The summed E-state index contributed by atoms with van der Waals surface area (Å²) >= 11 is 6.15. The van der Waals surface area contributed by atoms with Gasteiger partial charge in [-0.3, -0.25) is 4.79 Å². The van der Waals surface area contributed by atoms with Gasteiger partial charge >= 0.3 is 0 Å². The van der Waals surface area contributed by atoms with Gasteiger partial charge in [0.25, 0.3) is 0 Å². The molecule has 2 saturated heterocycles. The summed E-state index contributed by atoms with van der Waals surface area (Å²) < 4.78 is 0. The lowest BCUT2D eigenvalue weighted by atomic mass is 9.83. The molecule has 2 aliphatic rings. The molecule has 3 aromatic carbocycles. The molecule has 5 rings (SSSR count). The monoisotopic (exact) mass is 403 g/mol. The number of hydrazine groups is 1. The van der Waals surface area contributed by atoms with E-state index in [2.05, 4.69) is 42.0 Å². The van der Waals surface area contributed by atoms with E-state index >= 15 is 0 Å². The SMILES string of the molecule is Cc1ccc(N2C(=O)C3NNC(c4ccccc4)C3C2c2ccc(Cl)cc2)cc1. The molecule has 2 N–H and O–H groups in total. The summed E-state index contributed by atoms with van der Waals surface area (Å²) in [7, 11) is 0. The summed E-state index contributed by atoms with van der Waals surface area (Å²) in [5.41, 5.74) is 11.0.